The van der Waals surface area contributed by atoms with E-state index in [2.05, 4.69) is 10.4 Å². The van der Waals surface area contributed by atoms with Gasteiger partial charge in [0.1, 0.15) is 11.5 Å². The van der Waals surface area contributed by atoms with Crippen LogP contribution < -0.4 is 10.1 Å². The van der Waals surface area contributed by atoms with Crippen LogP contribution in [0.2, 0.25) is 5.02 Å². The third kappa shape index (κ3) is 5.42. The lowest BCUT2D eigenvalue weighted by molar-refractivity contribution is -0.384. The number of anilines is 1. The smallest absolute Gasteiger partial charge is 0.275 e. The largest absolute Gasteiger partial charge is 0.457 e. The number of non-ortho nitro benzene ring substituents is 1. The topological polar surface area (TPSA) is 99.3 Å². The summed E-state index contributed by atoms with van der Waals surface area (Å²) in [7, 11) is 0. The third-order valence-corrected chi connectivity index (χ3v) is 7.38. The van der Waals surface area contributed by atoms with E-state index in [4.69, 9.17) is 16.3 Å². The molecular weight excluding hydrogens is 500 g/mol. The van der Waals surface area contributed by atoms with Crippen LogP contribution in [-0.4, -0.2) is 20.6 Å². The van der Waals surface area contributed by atoms with Crippen LogP contribution in [0, 0.1) is 44.7 Å². The molecule has 10 heteroatoms. The first kappa shape index (κ1) is 25.4. The molecule has 4 aromatic rings. The van der Waals surface area contributed by atoms with Crippen molar-refractivity contribution in [1.29, 1.82) is 0 Å². The van der Waals surface area contributed by atoms with Crippen LogP contribution in [0.15, 0.2) is 41.8 Å². The van der Waals surface area contributed by atoms with Crippen molar-refractivity contribution in [2.24, 2.45) is 0 Å². The summed E-state index contributed by atoms with van der Waals surface area (Å²) < 4.78 is 7.80. The average molecular weight is 525 g/mol. The summed E-state index contributed by atoms with van der Waals surface area (Å²) >= 11 is 7.51. The van der Waals surface area contributed by atoms with Gasteiger partial charge in [-0.15, -0.1) is 11.3 Å². The van der Waals surface area contributed by atoms with E-state index in [0.717, 1.165) is 33.6 Å². The van der Waals surface area contributed by atoms with Gasteiger partial charge < -0.3 is 10.1 Å². The molecule has 1 amide bonds. The number of benzene rings is 2. The van der Waals surface area contributed by atoms with Crippen molar-refractivity contribution in [3.63, 3.8) is 0 Å². The zero-order valence-electron chi connectivity index (χ0n) is 20.5. The highest BCUT2D eigenvalue weighted by Gasteiger charge is 2.17. The van der Waals surface area contributed by atoms with Crippen LogP contribution >= 0.6 is 22.9 Å². The summed E-state index contributed by atoms with van der Waals surface area (Å²) in [6.45, 7) is 10.1. The van der Waals surface area contributed by atoms with Gasteiger partial charge in [0.2, 0.25) is 0 Å². The van der Waals surface area contributed by atoms with Gasteiger partial charge in [0, 0.05) is 12.1 Å². The number of amides is 1. The molecule has 0 aliphatic carbocycles. The van der Waals surface area contributed by atoms with E-state index >= 15 is 0 Å². The minimum Gasteiger partial charge on any atom is -0.457 e. The second-order valence-corrected chi connectivity index (χ2v) is 9.98. The number of nitrogens with one attached hydrogen (secondary N) is 1. The van der Waals surface area contributed by atoms with Gasteiger partial charge in [0.25, 0.3) is 11.6 Å². The van der Waals surface area contributed by atoms with Crippen LogP contribution in [0.1, 0.15) is 43.3 Å². The Kier molecular flexibility index (Phi) is 7.14. The number of thiophene rings is 1. The standard InChI is InChI=1S/C26H25ClN4O4S/c1-14-6-15(2)16(3)23(7-14)35-22-10-20(9-21(11-22)31(33)34)28-26(32)24-8-19(13-36-24)12-30-18(5)25(27)17(4)29-30/h6-11,13H,12H2,1-5H3,(H,28,32). The number of nitro groups is 1. The van der Waals surface area contributed by atoms with Crippen LogP contribution in [0.25, 0.3) is 0 Å². The molecule has 0 fully saturated rings. The van der Waals surface area contributed by atoms with Crippen LogP contribution in [0.4, 0.5) is 11.4 Å². The van der Waals surface area contributed by atoms with E-state index in [0.29, 0.717) is 22.2 Å². The summed E-state index contributed by atoms with van der Waals surface area (Å²) in [5.74, 6) is 0.505. The molecule has 0 aliphatic rings. The number of halogens is 1. The Morgan fingerprint density at radius 3 is 2.56 bits per heavy atom. The molecule has 4 rings (SSSR count). The fourth-order valence-electron chi connectivity index (χ4n) is 3.83. The normalized spacial score (nSPS) is 10.9. The number of hydrogen-bond acceptors (Lipinski definition) is 6. The zero-order chi connectivity index (χ0) is 26.1. The molecule has 0 saturated carbocycles. The van der Waals surface area contributed by atoms with Gasteiger partial charge >= 0.3 is 0 Å². The molecule has 8 nitrogen and oxygen atoms in total. The van der Waals surface area contributed by atoms with Crippen LogP contribution in [0.3, 0.4) is 0 Å². The number of nitrogens with zero attached hydrogens (tertiary/aromatic N) is 3. The molecular formula is C26H25ClN4O4S. The third-order valence-electron chi connectivity index (χ3n) is 5.85. The predicted octanol–water partition coefficient (Wildman–Crippen LogP) is 7.14. The molecule has 0 bridgehead atoms. The summed E-state index contributed by atoms with van der Waals surface area (Å²) in [4.78, 5) is 24.4. The zero-order valence-corrected chi connectivity index (χ0v) is 22.1. The molecule has 0 radical (unpaired) electrons. The van der Waals surface area contributed by atoms with Crippen molar-refractivity contribution in [3.8, 4) is 11.5 Å². The molecule has 0 unspecified atom stereocenters. The summed E-state index contributed by atoms with van der Waals surface area (Å²) in [5.41, 5.74) is 5.61. The maximum atomic E-state index is 12.9. The van der Waals surface area contributed by atoms with Gasteiger partial charge in [-0.1, -0.05) is 17.7 Å². The number of hydrogen-bond donors (Lipinski definition) is 1. The lowest BCUT2D eigenvalue weighted by atomic mass is 10.1. The monoisotopic (exact) mass is 524 g/mol. The maximum Gasteiger partial charge on any atom is 0.275 e. The molecule has 2 aromatic heterocycles. The van der Waals surface area contributed by atoms with Crippen molar-refractivity contribution < 1.29 is 14.5 Å². The molecule has 0 atom stereocenters. The number of aryl methyl sites for hydroxylation is 3. The quantitative estimate of drug-likeness (QED) is 0.204. The van der Waals surface area contributed by atoms with E-state index in [1.165, 1.54) is 23.5 Å². The van der Waals surface area contributed by atoms with Gasteiger partial charge in [0.05, 0.1) is 44.5 Å². The van der Waals surface area contributed by atoms with Crippen molar-refractivity contribution in [2.45, 2.75) is 41.2 Å². The molecule has 2 heterocycles. The summed E-state index contributed by atoms with van der Waals surface area (Å²) in [5, 5.41) is 21.2. The van der Waals surface area contributed by atoms with Crippen molar-refractivity contribution in [2.75, 3.05) is 5.32 Å². The Morgan fingerprint density at radius 1 is 1.14 bits per heavy atom. The second kappa shape index (κ2) is 10.1. The maximum absolute atomic E-state index is 12.9. The lowest BCUT2D eigenvalue weighted by Crippen LogP contribution is -2.10. The van der Waals surface area contributed by atoms with Crippen LogP contribution in [-0.2, 0) is 6.54 Å². The minimum atomic E-state index is -0.514. The Bertz CT molecular complexity index is 1490. The lowest BCUT2D eigenvalue weighted by Gasteiger charge is -2.13. The van der Waals surface area contributed by atoms with Crippen molar-refractivity contribution in [1.82, 2.24) is 9.78 Å². The first-order valence-electron chi connectivity index (χ1n) is 11.1. The Balaban J connectivity index is 1.55. The SMILES string of the molecule is Cc1cc(C)c(C)c(Oc2cc(NC(=O)c3cc(Cn4nc(C)c(Cl)c4C)cs3)cc([N+](=O)[O-])c2)c1. The van der Waals surface area contributed by atoms with Gasteiger partial charge in [-0.05, 0) is 74.4 Å². The molecule has 186 valence electrons. The number of rotatable bonds is 7. The van der Waals surface area contributed by atoms with Gasteiger partial charge in [-0.3, -0.25) is 19.6 Å². The Hall–Kier alpha value is -3.69. The summed E-state index contributed by atoms with van der Waals surface area (Å²) in [6, 6.07) is 9.93. The Morgan fingerprint density at radius 2 is 1.89 bits per heavy atom. The fourth-order valence-corrected chi connectivity index (χ4v) is 4.76. The predicted molar refractivity (Wildman–Crippen MR) is 142 cm³/mol. The summed E-state index contributed by atoms with van der Waals surface area (Å²) in [6.07, 6.45) is 0. The molecule has 0 saturated heterocycles. The molecule has 0 spiro atoms. The molecule has 36 heavy (non-hydrogen) atoms. The van der Waals surface area contributed by atoms with Crippen molar-refractivity contribution >= 4 is 40.2 Å². The van der Waals surface area contributed by atoms with Gasteiger partial charge in [-0.25, -0.2) is 0 Å². The van der Waals surface area contributed by atoms with E-state index in [1.54, 1.807) is 16.8 Å². The number of carbonyl (C=O) groups is 1. The van der Waals surface area contributed by atoms with Crippen molar-refractivity contribution in [3.05, 3.63) is 95.4 Å². The number of carbonyl (C=O) groups excluding carboxylic acids is 1. The highest BCUT2D eigenvalue weighted by Crippen LogP contribution is 2.33. The average Bonchev–Trinajstić information content (AvgIpc) is 3.37. The molecule has 0 aliphatic heterocycles. The number of ether oxygens (including phenoxy) is 1. The van der Waals surface area contributed by atoms with Gasteiger partial charge in [0.15, 0.2) is 0 Å². The first-order chi connectivity index (χ1) is 17.0. The number of nitro benzene ring substituents is 1. The van der Waals surface area contributed by atoms with E-state index in [9.17, 15) is 14.9 Å². The minimum absolute atomic E-state index is 0.182. The highest BCUT2D eigenvalue weighted by atomic mass is 35.5. The Labute approximate surface area is 217 Å². The highest BCUT2D eigenvalue weighted by molar-refractivity contribution is 7.12. The first-order valence-corrected chi connectivity index (χ1v) is 12.4. The van der Waals surface area contributed by atoms with E-state index in [1.807, 2.05) is 52.1 Å². The second-order valence-electron chi connectivity index (χ2n) is 8.70. The van der Waals surface area contributed by atoms with E-state index < -0.39 is 4.92 Å². The molecule has 1 N–H and O–H groups in total. The van der Waals surface area contributed by atoms with E-state index in [-0.39, 0.29) is 23.0 Å². The van der Waals surface area contributed by atoms with Crippen LogP contribution in [0.5, 0.6) is 11.5 Å². The molecule has 2 aromatic carbocycles. The number of aromatic nitrogens is 2. The fraction of sp³-hybridized carbons (Fsp3) is 0.231. The van der Waals surface area contributed by atoms with Gasteiger partial charge in [-0.2, -0.15) is 5.10 Å².